The van der Waals surface area contributed by atoms with E-state index in [1.54, 1.807) is 0 Å². The third-order valence-corrected chi connectivity index (χ3v) is 4.55. The van der Waals surface area contributed by atoms with Crippen LogP contribution in [0, 0.1) is 5.82 Å². The quantitative estimate of drug-likeness (QED) is 0.415. The van der Waals surface area contributed by atoms with Crippen molar-refractivity contribution >= 4 is 23.9 Å². The lowest BCUT2D eigenvalue weighted by Gasteiger charge is -2.33. The fourth-order valence-electron chi connectivity index (χ4n) is 2.91. The van der Waals surface area contributed by atoms with Gasteiger partial charge in [-0.15, -0.1) is 0 Å². The van der Waals surface area contributed by atoms with Gasteiger partial charge in [-0.2, -0.15) is 0 Å². The maximum atomic E-state index is 14.7. The highest BCUT2D eigenvalue weighted by Gasteiger charge is 2.54. The number of hydrogen-bond acceptors (Lipinski definition) is 8. The Morgan fingerprint density at radius 2 is 2.06 bits per heavy atom. The zero-order valence-corrected chi connectivity index (χ0v) is 17.8. The van der Waals surface area contributed by atoms with E-state index in [-0.39, 0.29) is 42.8 Å². The average molecular weight is 487 g/mol. The van der Waals surface area contributed by atoms with Crippen molar-refractivity contribution in [2.75, 3.05) is 31.8 Å². The number of nitrogens with two attached hydrogens (primary N) is 1. The third kappa shape index (κ3) is 6.15. The first kappa shape index (κ1) is 26.4. The van der Waals surface area contributed by atoms with E-state index in [1.807, 2.05) is 0 Å². The molecular formula is C20H21F4N5O5. The molecule has 0 saturated heterocycles. The molecule has 1 aromatic heterocycles. The Balaban J connectivity index is 0.00000129. The van der Waals surface area contributed by atoms with Gasteiger partial charge in [0.2, 0.25) is 5.88 Å². The van der Waals surface area contributed by atoms with Gasteiger partial charge in [-0.1, -0.05) is 0 Å². The molecule has 0 aliphatic carbocycles. The minimum atomic E-state index is -3.57. The number of amides is 1. The van der Waals surface area contributed by atoms with Crippen LogP contribution < -0.4 is 15.8 Å². The van der Waals surface area contributed by atoms with Gasteiger partial charge in [-0.25, -0.2) is 27.5 Å². The Hall–Kier alpha value is -3.81. The Morgan fingerprint density at radius 1 is 1.35 bits per heavy atom. The molecule has 0 bridgehead atoms. The molecule has 1 atom stereocenters. The molecule has 0 unspecified atom stereocenters. The summed E-state index contributed by atoms with van der Waals surface area (Å²) in [6.45, 7) is -1.44. The van der Waals surface area contributed by atoms with Crippen molar-refractivity contribution in [2.45, 2.75) is 18.4 Å². The highest BCUT2D eigenvalue weighted by Crippen LogP contribution is 2.44. The number of hydrogen-bond donors (Lipinski definition) is 3. The molecule has 14 heteroatoms. The van der Waals surface area contributed by atoms with Gasteiger partial charge in [-0.3, -0.25) is 14.6 Å². The molecule has 0 fully saturated rings. The Bertz CT molecular complexity index is 1040. The summed E-state index contributed by atoms with van der Waals surface area (Å²) >= 11 is 0. The van der Waals surface area contributed by atoms with Crippen molar-refractivity contribution in [1.29, 1.82) is 0 Å². The minimum Gasteiger partial charge on any atom is -0.483 e. The molecule has 1 aromatic carbocycles. The summed E-state index contributed by atoms with van der Waals surface area (Å²) in [5.74, 6) is -5.43. The van der Waals surface area contributed by atoms with Crippen LogP contribution in [0.15, 0.2) is 35.6 Å². The van der Waals surface area contributed by atoms with E-state index in [1.165, 1.54) is 6.07 Å². The molecule has 10 nitrogen and oxygen atoms in total. The zero-order valence-electron chi connectivity index (χ0n) is 17.8. The molecule has 3 rings (SSSR count). The van der Waals surface area contributed by atoms with Crippen molar-refractivity contribution in [3.8, 4) is 5.88 Å². The number of anilines is 1. The van der Waals surface area contributed by atoms with Crippen molar-refractivity contribution < 1.29 is 41.7 Å². The number of ether oxygens (including phenoxy) is 2. The number of rotatable bonds is 6. The van der Waals surface area contributed by atoms with E-state index in [2.05, 4.69) is 20.3 Å². The zero-order chi connectivity index (χ0) is 25.4. The van der Waals surface area contributed by atoms with E-state index >= 15 is 0 Å². The first-order valence-corrected chi connectivity index (χ1v) is 9.57. The number of aliphatic imine (C=N–C) groups is 1. The summed E-state index contributed by atoms with van der Waals surface area (Å²) < 4.78 is 65.9. The SMILES string of the molecule is C[C@]1(c2cc(NC(=O)c3cnc(OCCF)cn3)ccc2F)N=C(N)COCC1(F)F.O=CO. The highest BCUT2D eigenvalue weighted by atomic mass is 19.3. The fourth-order valence-corrected chi connectivity index (χ4v) is 2.91. The van der Waals surface area contributed by atoms with Crippen LogP contribution in [-0.2, 0) is 15.1 Å². The number of halogens is 4. The predicted molar refractivity (Wildman–Crippen MR) is 111 cm³/mol. The lowest BCUT2D eigenvalue weighted by atomic mass is 9.85. The van der Waals surface area contributed by atoms with Gasteiger partial charge < -0.3 is 25.6 Å². The molecule has 1 aliphatic rings. The number of carboxylic acid groups (broad SMARTS) is 1. The maximum absolute atomic E-state index is 14.7. The van der Waals surface area contributed by atoms with Crippen LogP contribution in [0.25, 0.3) is 0 Å². The number of carbonyl (C=O) groups excluding carboxylic acids is 1. The van der Waals surface area contributed by atoms with E-state index in [0.717, 1.165) is 31.5 Å². The van der Waals surface area contributed by atoms with Crippen LogP contribution in [0.5, 0.6) is 5.88 Å². The van der Waals surface area contributed by atoms with Crippen molar-refractivity contribution in [3.63, 3.8) is 0 Å². The molecule has 0 saturated carbocycles. The molecular weight excluding hydrogens is 466 g/mol. The van der Waals surface area contributed by atoms with Gasteiger partial charge in [0.15, 0.2) is 5.54 Å². The second-order valence-electron chi connectivity index (χ2n) is 6.90. The smallest absolute Gasteiger partial charge is 0.299 e. The average Bonchev–Trinajstić information content (AvgIpc) is 2.89. The van der Waals surface area contributed by atoms with Gasteiger partial charge in [-0.05, 0) is 25.1 Å². The van der Waals surface area contributed by atoms with E-state index < -0.39 is 42.0 Å². The number of benzene rings is 1. The number of aromatic nitrogens is 2. The summed E-state index contributed by atoms with van der Waals surface area (Å²) in [7, 11) is 0. The minimum absolute atomic E-state index is 0.0249. The van der Waals surface area contributed by atoms with Gasteiger partial charge in [0.25, 0.3) is 18.3 Å². The van der Waals surface area contributed by atoms with Crippen molar-refractivity contribution in [1.82, 2.24) is 9.97 Å². The number of nitrogens with zero attached hydrogens (tertiary/aromatic N) is 3. The van der Waals surface area contributed by atoms with Crippen LogP contribution >= 0.6 is 0 Å². The maximum Gasteiger partial charge on any atom is 0.299 e. The second-order valence-corrected chi connectivity index (χ2v) is 6.90. The summed E-state index contributed by atoms with van der Waals surface area (Å²) in [5, 5.41) is 9.32. The number of nitrogens with one attached hydrogen (secondary N) is 1. The topological polar surface area (TPSA) is 149 Å². The fraction of sp³-hybridized carbons (Fsp3) is 0.350. The van der Waals surface area contributed by atoms with Gasteiger partial charge in [0, 0.05) is 11.3 Å². The van der Waals surface area contributed by atoms with Gasteiger partial charge >= 0.3 is 0 Å². The molecule has 2 heterocycles. The molecule has 34 heavy (non-hydrogen) atoms. The largest absolute Gasteiger partial charge is 0.483 e. The normalized spacial score (nSPS) is 19.0. The molecule has 1 amide bonds. The molecule has 4 N–H and O–H groups in total. The van der Waals surface area contributed by atoms with Crippen LogP contribution in [0.3, 0.4) is 0 Å². The Labute approximate surface area is 190 Å². The van der Waals surface area contributed by atoms with Crippen LogP contribution in [0.1, 0.15) is 23.0 Å². The summed E-state index contributed by atoms with van der Waals surface area (Å²) in [6, 6.07) is 3.18. The summed E-state index contributed by atoms with van der Waals surface area (Å²) in [6.07, 6.45) is 2.22. The lowest BCUT2D eigenvalue weighted by molar-refractivity contribution is -0.122. The molecule has 0 radical (unpaired) electrons. The molecule has 1 aliphatic heterocycles. The van der Waals surface area contributed by atoms with E-state index in [4.69, 9.17) is 25.1 Å². The Kier molecular flexibility index (Phi) is 8.83. The monoisotopic (exact) mass is 487 g/mol. The molecule has 2 aromatic rings. The standard InChI is InChI=1S/C19H19F4N5O3.CH2O2/c1-18(19(22,23)10-30-9-15(24)28-18)12-6-11(2-3-13(12)21)27-17(29)14-7-26-16(8-25-14)31-5-4-20;2-1-3/h2-3,6-8H,4-5,9-10H2,1H3,(H2,24,28)(H,27,29);1H,(H,2,3)/t18-;/m1./s1. The van der Waals surface area contributed by atoms with Crippen molar-refractivity contribution in [2.24, 2.45) is 10.7 Å². The predicted octanol–water partition coefficient (Wildman–Crippen LogP) is 2.15. The highest BCUT2D eigenvalue weighted by molar-refractivity contribution is 6.02. The van der Waals surface area contributed by atoms with Crippen LogP contribution in [0.2, 0.25) is 0 Å². The number of amidine groups is 1. The second kappa shape index (κ2) is 11.4. The first-order valence-electron chi connectivity index (χ1n) is 9.57. The summed E-state index contributed by atoms with van der Waals surface area (Å²) in [4.78, 5) is 32.2. The Morgan fingerprint density at radius 3 is 2.68 bits per heavy atom. The van der Waals surface area contributed by atoms with Crippen LogP contribution in [-0.4, -0.2) is 65.7 Å². The van der Waals surface area contributed by atoms with E-state index in [9.17, 15) is 22.4 Å². The van der Waals surface area contributed by atoms with Gasteiger partial charge in [0.1, 0.15) is 43.8 Å². The van der Waals surface area contributed by atoms with Gasteiger partial charge in [0.05, 0.1) is 12.4 Å². The molecule has 184 valence electrons. The van der Waals surface area contributed by atoms with Crippen LogP contribution in [0.4, 0.5) is 23.2 Å². The molecule has 0 spiro atoms. The third-order valence-electron chi connectivity index (χ3n) is 4.55. The van der Waals surface area contributed by atoms with E-state index in [0.29, 0.717) is 0 Å². The first-order chi connectivity index (χ1) is 16.1. The lowest BCUT2D eigenvalue weighted by Crippen LogP contribution is -2.45. The van der Waals surface area contributed by atoms with Crippen molar-refractivity contribution in [3.05, 3.63) is 47.7 Å². The number of carbonyl (C=O) groups is 2. The summed E-state index contributed by atoms with van der Waals surface area (Å²) in [5.41, 5.74) is 2.69. The number of alkyl halides is 3.